The van der Waals surface area contributed by atoms with Gasteiger partial charge >= 0.3 is 0 Å². The molecule has 0 spiro atoms. The van der Waals surface area contributed by atoms with Crippen molar-refractivity contribution < 1.29 is 17.9 Å². The predicted molar refractivity (Wildman–Crippen MR) is 99.0 cm³/mol. The summed E-state index contributed by atoms with van der Waals surface area (Å²) in [7, 11) is -3.72. The topological polar surface area (TPSA) is 64.6 Å². The van der Waals surface area contributed by atoms with Crippen molar-refractivity contribution in [3.63, 3.8) is 0 Å². The summed E-state index contributed by atoms with van der Waals surface area (Å²) in [6, 6.07) is 11.2. The lowest BCUT2D eigenvalue weighted by Crippen LogP contribution is -2.27. The molecule has 1 unspecified atom stereocenters. The van der Waals surface area contributed by atoms with Gasteiger partial charge < -0.3 is 9.47 Å². The summed E-state index contributed by atoms with van der Waals surface area (Å²) in [6.45, 7) is 6.33. The van der Waals surface area contributed by atoms with Crippen LogP contribution in [0, 0.1) is 0 Å². The van der Waals surface area contributed by atoms with Crippen molar-refractivity contribution in [1.82, 2.24) is 4.72 Å². The third-order valence-corrected chi connectivity index (χ3v) is 5.28. The fraction of sp³-hybridized carbons (Fsp3) is 0.333. The maximum atomic E-state index is 12.7. The molecule has 0 aliphatic heterocycles. The molecule has 0 bridgehead atoms. The molecule has 7 heteroatoms. The van der Waals surface area contributed by atoms with Crippen LogP contribution in [0.5, 0.6) is 11.5 Å². The Morgan fingerprint density at radius 2 is 1.72 bits per heavy atom. The highest BCUT2D eigenvalue weighted by molar-refractivity contribution is 7.89. The molecule has 0 saturated heterocycles. The van der Waals surface area contributed by atoms with Crippen molar-refractivity contribution in [2.75, 3.05) is 13.2 Å². The molecular weight excluding hydrogens is 362 g/mol. The first-order chi connectivity index (χ1) is 11.9. The van der Waals surface area contributed by atoms with Gasteiger partial charge in [0.15, 0.2) is 11.5 Å². The second-order valence-corrected chi connectivity index (χ2v) is 7.52. The molecule has 1 N–H and O–H groups in total. The highest BCUT2D eigenvalue weighted by Crippen LogP contribution is 2.31. The fourth-order valence-corrected chi connectivity index (χ4v) is 3.79. The van der Waals surface area contributed by atoms with Crippen LogP contribution >= 0.6 is 11.6 Å². The summed E-state index contributed by atoms with van der Waals surface area (Å²) < 4.78 is 39.0. The SMILES string of the molecule is CCOc1ccc(S(=O)(=O)NC(C)c2cccc(Cl)c2)cc1OCC. The molecule has 25 heavy (non-hydrogen) atoms. The zero-order chi connectivity index (χ0) is 18.4. The molecule has 2 aromatic carbocycles. The highest BCUT2D eigenvalue weighted by Gasteiger charge is 2.20. The Hall–Kier alpha value is -1.76. The Morgan fingerprint density at radius 3 is 2.36 bits per heavy atom. The van der Waals surface area contributed by atoms with E-state index < -0.39 is 16.1 Å². The normalized spacial score (nSPS) is 12.6. The van der Waals surface area contributed by atoms with Crippen LogP contribution in [-0.4, -0.2) is 21.6 Å². The second-order valence-electron chi connectivity index (χ2n) is 5.37. The second kappa shape index (κ2) is 8.56. The lowest BCUT2D eigenvalue weighted by atomic mass is 10.1. The van der Waals surface area contributed by atoms with E-state index in [0.29, 0.717) is 29.7 Å². The molecule has 0 saturated carbocycles. The number of halogens is 1. The molecular formula is C18H22ClNO4S. The maximum absolute atomic E-state index is 12.7. The van der Waals surface area contributed by atoms with E-state index >= 15 is 0 Å². The van der Waals surface area contributed by atoms with Gasteiger partial charge in [0, 0.05) is 17.1 Å². The Morgan fingerprint density at radius 1 is 1.04 bits per heavy atom. The molecule has 0 aliphatic carbocycles. The number of nitrogens with one attached hydrogen (secondary N) is 1. The molecule has 1 atom stereocenters. The third-order valence-electron chi connectivity index (χ3n) is 3.51. The number of hydrogen-bond acceptors (Lipinski definition) is 4. The lowest BCUT2D eigenvalue weighted by molar-refractivity contribution is 0.287. The molecule has 0 radical (unpaired) electrons. The van der Waals surface area contributed by atoms with Crippen molar-refractivity contribution in [3.05, 3.63) is 53.1 Å². The van der Waals surface area contributed by atoms with Gasteiger partial charge in [0.05, 0.1) is 18.1 Å². The molecule has 0 fully saturated rings. The molecule has 0 aromatic heterocycles. The van der Waals surface area contributed by atoms with E-state index in [1.807, 2.05) is 19.9 Å². The van der Waals surface area contributed by atoms with Gasteiger partial charge in [-0.3, -0.25) is 0 Å². The van der Waals surface area contributed by atoms with Crippen molar-refractivity contribution in [3.8, 4) is 11.5 Å². The smallest absolute Gasteiger partial charge is 0.241 e. The van der Waals surface area contributed by atoms with Gasteiger partial charge in [-0.05, 0) is 50.6 Å². The Kier molecular flexibility index (Phi) is 6.70. The summed E-state index contributed by atoms with van der Waals surface area (Å²) in [5.41, 5.74) is 0.784. The van der Waals surface area contributed by atoms with Gasteiger partial charge in [0.2, 0.25) is 10.0 Å². The van der Waals surface area contributed by atoms with Crippen LogP contribution in [0.15, 0.2) is 47.4 Å². The van der Waals surface area contributed by atoms with Crippen molar-refractivity contribution in [1.29, 1.82) is 0 Å². The largest absolute Gasteiger partial charge is 0.490 e. The number of ether oxygens (including phenoxy) is 2. The summed E-state index contributed by atoms with van der Waals surface area (Å²) in [6.07, 6.45) is 0. The minimum absolute atomic E-state index is 0.119. The van der Waals surface area contributed by atoms with E-state index in [4.69, 9.17) is 21.1 Å². The third kappa shape index (κ3) is 5.11. The Bertz CT molecular complexity index is 824. The van der Waals surface area contributed by atoms with E-state index in [1.54, 1.807) is 31.2 Å². The minimum atomic E-state index is -3.72. The molecule has 0 aliphatic rings. The average Bonchev–Trinajstić information content (AvgIpc) is 2.56. The van der Waals surface area contributed by atoms with E-state index in [2.05, 4.69) is 4.72 Å². The van der Waals surface area contributed by atoms with E-state index in [-0.39, 0.29) is 4.90 Å². The van der Waals surface area contributed by atoms with E-state index in [9.17, 15) is 8.42 Å². The monoisotopic (exact) mass is 383 g/mol. The van der Waals surface area contributed by atoms with Gasteiger partial charge in [0.25, 0.3) is 0 Å². The van der Waals surface area contributed by atoms with Crippen molar-refractivity contribution in [2.45, 2.75) is 31.7 Å². The number of hydrogen-bond donors (Lipinski definition) is 1. The first kappa shape index (κ1) is 19.6. The van der Waals surface area contributed by atoms with Gasteiger partial charge in [-0.1, -0.05) is 23.7 Å². The van der Waals surface area contributed by atoms with Crippen LogP contribution in [-0.2, 0) is 10.0 Å². The first-order valence-corrected chi connectivity index (χ1v) is 9.91. The molecule has 2 aromatic rings. The molecule has 0 amide bonds. The maximum Gasteiger partial charge on any atom is 0.241 e. The summed E-state index contributed by atoms with van der Waals surface area (Å²) in [5, 5.41) is 0.559. The number of benzene rings is 2. The Balaban J connectivity index is 2.27. The quantitative estimate of drug-likeness (QED) is 0.742. The Labute approximate surface area is 154 Å². The summed E-state index contributed by atoms with van der Waals surface area (Å²) >= 11 is 5.97. The number of sulfonamides is 1. The molecule has 5 nitrogen and oxygen atoms in total. The first-order valence-electron chi connectivity index (χ1n) is 8.04. The number of rotatable bonds is 8. The lowest BCUT2D eigenvalue weighted by Gasteiger charge is -2.16. The average molecular weight is 384 g/mol. The fourth-order valence-electron chi connectivity index (χ4n) is 2.34. The van der Waals surface area contributed by atoms with Gasteiger partial charge in [-0.25, -0.2) is 13.1 Å². The molecule has 2 rings (SSSR count). The van der Waals surface area contributed by atoms with Crippen LogP contribution in [0.2, 0.25) is 5.02 Å². The zero-order valence-corrected chi connectivity index (χ0v) is 16.0. The van der Waals surface area contributed by atoms with Crippen LogP contribution in [0.3, 0.4) is 0 Å². The summed E-state index contributed by atoms with van der Waals surface area (Å²) in [5.74, 6) is 0.925. The van der Waals surface area contributed by atoms with Crippen molar-refractivity contribution >= 4 is 21.6 Å². The van der Waals surface area contributed by atoms with Crippen LogP contribution in [0.1, 0.15) is 32.4 Å². The zero-order valence-electron chi connectivity index (χ0n) is 14.5. The minimum Gasteiger partial charge on any atom is -0.490 e. The summed E-state index contributed by atoms with van der Waals surface area (Å²) in [4.78, 5) is 0.119. The molecule has 136 valence electrons. The van der Waals surface area contributed by atoms with Gasteiger partial charge in [0.1, 0.15) is 0 Å². The standard InChI is InChI=1S/C18H22ClNO4S/c1-4-23-17-10-9-16(12-18(17)24-5-2)25(21,22)20-13(3)14-7-6-8-15(19)11-14/h6-13,20H,4-5H2,1-3H3. The van der Waals surface area contributed by atoms with Gasteiger partial charge in [-0.15, -0.1) is 0 Å². The predicted octanol–water partition coefficient (Wildman–Crippen LogP) is 4.18. The molecule has 0 heterocycles. The van der Waals surface area contributed by atoms with Crippen molar-refractivity contribution in [2.24, 2.45) is 0 Å². The van der Waals surface area contributed by atoms with Gasteiger partial charge in [-0.2, -0.15) is 0 Å². The highest BCUT2D eigenvalue weighted by atomic mass is 35.5. The van der Waals surface area contributed by atoms with Crippen LogP contribution in [0.25, 0.3) is 0 Å². The van der Waals surface area contributed by atoms with E-state index in [0.717, 1.165) is 5.56 Å². The van der Waals surface area contributed by atoms with Crippen LogP contribution in [0.4, 0.5) is 0 Å². The van der Waals surface area contributed by atoms with Crippen LogP contribution < -0.4 is 14.2 Å². The van der Waals surface area contributed by atoms with E-state index in [1.165, 1.54) is 12.1 Å².